The topological polar surface area (TPSA) is 54.3 Å². The standard InChI is InChI=1S/C23H28F3N3O2/c1-22(2,3)21-18-8-5-11-28(18)12-13-29(21)20(31)10-9-19(30)27-15-16-6-4-7-17(14-16)23(24,25)26/h4-8,11,14,21H,9-10,12-13,15H2,1-3H3,(H,27,30). The Morgan fingerprint density at radius 3 is 2.48 bits per heavy atom. The van der Waals surface area contributed by atoms with Gasteiger partial charge in [0.05, 0.1) is 11.6 Å². The van der Waals surface area contributed by atoms with Crippen molar-refractivity contribution < 1.29 is 22.8 Å². The molecule has 0 fully saturated rings. The Balaban J connectivity index is 1.56. The Morgan fingerprint density at radius 2 is 1.81 bits per heavy atom. The molecule has 8 heteroatoms. The lowest BCUT2D eigenvalue weighted by Crippen LogP contribution is -2.47. The van der Waals surface area contributed by atoms with Crippen LogP contribution < -0.4 is 5.32 Å². The number of carbonyl (C=O) groups is 2. The van der Waals surface area contributed by atoms with E-state index in [1.165, 1.54) is 12.1 Å². The molecule has 0 bridgehead atoms. The molecule has 1 atom stereocenters. The number of alkyl halides is 3. The van der Waals surface area contributed by atoms with Gasteiger partial charge in [-0.1, -0.05) is 32.9 Å². The lowest BCUT2D eigenvalue weighted by molar-refractivity contribution is -0.139. The van der Waals surface area contributed by atoms with Crippen LogP contribution in [0.5, 0.6) is 0 Å². The van der Waals surface area contributed by atoms with Gasteiger partial charge in [-0.25, -0.2) is 0 Å². The smallest absolute Gasteiger partial charge is 0.352 e. The molecule has 1 aliphatic heterocycles. The first-order valence-corrected chi connectivity index (χ1v) is 10.3. The van der Waals surface area contributed by atoms with E-state index in [-0.39, 0.29) is 42.7 Å². The van der Waals surface area contributed by atoms with Crippen LogP contribution >= 0.6 is 0 Å². The number of nitrogens with zero attached hydrogens (tertiary/aromatic N) is 2. The molecule has 2 aromatic rings. The summed E-state index contributed by atoms with van der Waals surface area (Å²) < 4.78 is 40.6. The molecule has 0 spiro atoms. The van der Waals surface area contributed by atoms with E-state index in [4.69, 9.17) is 0 Å². The van der Waals surface area contributed by atoms with Crippen LogP contribution in [0.1, 0.15) is 56.5 Å². The first-order valence-electron chi connectivity index (χ1n) is 10.3. The van der Waals surface area contributed by atoms with Crippen molar-refractivity contribution >= 4 is 11.8 Å². The van der Waals surface area contributed by atoms with Gasteiger partial charge in [-0.15, -0.1) is 0 Å². The summed E-state index contributed by atoms with van der Waals surface area (Å²) in [7, 11) is 0. The molecular weight excluding hydrogens is 407 g/mol. The molecule has 31 heavy (non-hydrogen) atoms. The summed E-state index contributed by atoms with van der Waals surface area (Å²) in [4.78, 5) is 27.0. The Morgan fingerprint density at radius 1 is 1.06 bits per heavy atom. The van der Waals surface area contributed by atoms with E-state index < -0.39 is 11.7 Å². The highest BCUT2D eigenvalue weighted by Gasteiger charge is 2.38. The van der Waals surface area contributed by atoms with Gasteiger partial charge >= 0.3 is 6.18 Å². The van der Waals surface area contributed by atoms with Crippen LogP contribution in [0.4, 0.5) is 13.2 Å². The number of hydrogen-bond acceptors (Lipinski definition) is 2. The average molecular weight is 435 g/mol. The zero-order valence-electron chi connectivity index (χ0n) is 18.0. The van der Waals surface area contributed by atoms with Crippen molar-refractivity contribution in [3.05, 3.63) is 59.4 Å². The van der Waals surface area contributed by atoms with Crippen molar-refractivity contribution in [1.82, 2.24) is 14.8 Å². The third-order valence-corrected chi connectivity index (χ3v) is 5.49. The van der Waals surface area contributed by atoms with Crippen LogP contribution in [0, 0.1) is 5.41 Å². The van der Waals surface area contributed by atoms with Gasteiger partial charge in [0, 0.05) is 44.4 Å². The second-order valence-corrected chi connectivity index (χ2v) is 8.96. The van der Waals surface area contributed by atoms with Crippen LogP contribution in [-0.4, -0.2) is 27.8 Å². The molecule has 0 saturated carbocycles. The van der Waals surface area contributed by atoms with Gasteiger partial charge in [0.2, 0.25) is 11.8 Å². The quantitative estimate of drug-likeness (QED) is 0.750. The molecule has 1 aromatic heterocycles. The summed E-state index contributed by atoms with van der Waals surface area (Å²) in [6.07, 6.45) is -2.37. The summed E-state index contributed by atoms with van der Waals surface area (Å²) in [6, 6.07) is 8.76. The van der Waals surface area contributed by atoms with Crippen molar-refractivity contribution in [3.63, 3.8) is 0 Å². The van der Waals surface area contributed by atoms with Gasteiger partial charge < -0.3 is 14.8 Å². The van der Waals surface area contributed by atoms with E-state index in [1.807, 2.05) is 23.2 Å². The number of fused-ring (bicyclic) bond motifs is 1. The van der Waals surface area contributed by atoms with E-state index in [2.05, 4.69) is 30.7 Å². The fourth-order valence-electron chi connectivity index (χ4n) is 4.07. The van der Waals surface area contributed by atoms with Crippen LogP contribution in [0.3, 0.4) is 0 Å². The molecule has 2 heterocycles. The molecule has 1 aromatic carbocycles. The summed E-state index contributed by atoms with van der Waals surface area (Å²) in [5.74, 6) is -0.458. The minimum absolute atomic E-state index is 0.00777. The normalized spacial score (nSPS) is 16.7. The Bertz CT molecular complexity index is 944. The fraction of sp³-hybridized carbons (Fsp3) is 0.478. The molecule has 5 nitrogen and oxygen atoms in total. The number of carbonyl (C=O) groups excluding carboxylic acids is 2. The SMILES string of the molecule is CC(C)(C)C1c2cccn2CCN1C(=O)CCC(=O)NCc1cccc(C(F)(F)F)c1. The second kappa shape index (κ2) is 8.77. The molecule has 0 radical (unpaired) electrons. The second-order valence-electron chi connectivity index (χ2n) is 8.96. The molecule has 168 valence electrons. The van der Waals surface area contributed by atoms with Gasteiger partial charge in [0.15, 0.2) is 0 Å². The molecule has 2 amide bonds. The van der Waals surface area contributed by atoms with Crippen molar-refractivity contribution in [2.75, 3.05) is 6.54 Å². The largest absolute Gasteiger partial charge is 0.416 e. The van der Waals surface area contributed by atoms with Crippen LogP contribution in [0.25, 0.3) is 0 Å². The maximum Gasteiger partial charge on any atom is 0.416 e. The highest BCUT2D eigenvalue weighted by atomic mass is 19.4. The maximum atomic E-state index is 12.9. The Hall–Kier alpha value is -2.77. The monoisotopic (exact) mass is 435 g/mol. The molecule has 1 unspecified atom stereocenters. The first kappa shape index (κ1) is 22.9. The third-order valence-electron chi connectivity index (χ3n) is 5.49. The number of amides is 2. The molecule has 1 N–H and O–H groups in total. The molecule has 0 aliphatic carbocycles. The summed E-state index contributed by atoms with van der Waals surface area (Å²) in [6.45, 7) is 7.53. The van der Waals surface area contributed by atoms with Gasteiger partial charge in [-0.2, -0.15) is 13.2 Å². The van der Waals surface area contributed by atoms with Crippen LogP contribution in [-0.2, 0) is 28.9 Å². The van der Waals surface area contributed by atoms with Crippen molar-refractivity contribution in [3.8, 4) is 0 Å². The Kier molecular flexibility index (Phi) is 6.48. The third kappa shape index (κ3) is 5.48. The molecule has 0 saturated heterocycles. The van der Waals surface area contributed by atoms with E-state index in [1.54, 1.807) is 0 Å². The zero-order valence-corrected chi connectivity index (χ0v) is 18.0. The number of benzene rings is 1. The summed E-state index contributed by atoms with van der Waals surface area (Å²) in [5.41, 5.74) is 0.524. The lowest BCUT2D eigenvalue weighted by Gasteiger charge is -2.44. The highest BCUT2D eigenvalue weighted by Crippen LogP contribution is 2.40. The molecule has 1 aliphatic rings. The van der Waals surface area contributed by atoms with Crippen molar-refractivity contribution in [1.29, 1.82) is 0 Å². The van der Waals surface area contributed by atoms with Gasteiger partial charge in [-0.05, 0) is 35.2 Å². The molecular formula is C23H28F3N3O2. The zero-order chi connectivity index (χ0) is 22.8. The van der Waals surface area contributed by atoms with E-state index >= 15 is 0 Å². The predicted octanol–water partition coefficient (Wildman–Crippen LogP) is 4.53. The van der Waals surface area contributed by atoms with E-state index in [0.717, 1.165) is 17.8 Å². The van der Waals surface area contributed by atoms with Crippen LogP contribution in [0.2, 0.25) is 0 Å². The van der Waals surface area contributed by atoms with Gasteiger partial charge in [-0.3, -0.25) is 9.59 Å². The Labute approximate surface area is 180 Å². The minimum Gasteiger partial charge on any atom is -0.352 e. The summed E-state index contributed by atoms with van der Waals surface area (Å²) >= 11 is 0. The number of hydrogen-bond donors (Lipinski definition) is 1. The average Bonchev–Trinajstić information content (AvgIpc) is 3.17. The highest BCUT2D eigenvalue weighted by molar-refractivity contribution is 5.84. The minimum atomic E-state index is -4.43. The number of halogens is 3. The van der Waals surface area contributed by atoms with Crippen molar-refractivity contribution in [2.45, 2.75) is 58.9 Å². The van der Waals surface area contributed by atoms with Gasteiger partial charge in [0.1, 0.15) is 0 Å². The fourth-order valence-corrected chi connectivity index (χ4v) is 4.07. The lowest BCUT2D eigenvalue weighted by atomic mass is 9.82. The van der Waals surface area contributed by atoms with E-state index in [9.17, 15) is 22.8 Å². The van der Waals surface area contributed by atoms with Crippen LogP contribution in [0.15, 0.2) is 42.6 Å². The number of rotatable bonds is 5. The maximum absolute atomic E-state index is 12.9. The number of aromatic nitrogens is 1. The molecule has 3 rings (SSSR count). The predicted molar refractivity (Wildman–Crippen MR) is 111 cm³/mol. The summed E-state index contributed by atoms with van der Waals surface area (Å²) in [5, 5.41) is 2.61. The first-order chi connectivity index (χ1) is 14.5. The van der Waals surface area contributed by atoms with E-state index in [0.29, 0.717) is 18.7 Å². The number of nitrogens with one attached hydrogen (secondary N) is 1. The van der Waals surface area contributed by atoms with Gasteiger partial charge in [0.25, 0.3) is 0 Å². The van der Waals surface area contributed by atoms with Crippen molar-refractivity contribution in [2.24, 2.45) is 5.41 Å².